The number of carbonyl (C=O) groups is 1. The van der Waals surface area contributed by atoms with Crippen molar-refractivity contribution in [2.24, 2.45) is 0 Å². The van der Waals surface area contributed by atoms with Gasteiger partial charge in [-0.15, -0.1) is 0 Å². The second-order valence-electron chi connectivity index (χ2n) is 8.18. The van der Waals surface area contributed by atoms with E-state index in [1.165, 1.54) is 0 Å². The highest BCUT2D eigenvalue weighted by Gasteiger charge is 2.52. The minimum absolute atomic E-state index is 0.0142. The number of fused-ring (bicyclic) bond motifs is 1. The van der Waals surface area contributed by atoms with Crippen molar-refractivity contribution in [3.8, 4) is 0 Å². The van der Waals surface area contributed by atoms with Crippen molar-refractivity contribution < 1.29 is 4.79 Å². The summed E-state index contributed by atoms with van der Waals surface area (Å²) >= 11 is 0. The molecule has 4 heteroatoms. The SMILES string of the molecule is CN(C)N1C(=O)[C@](CCNC(C)(C)C)(c2ccccc2)c2ccccc21. The zero-order valence-electron chi connectivity index (χ0n) is 16.4. The lowest BCUT2D eigenvalue weighted by Crippen LogP contribution is -2.49. The molecule has 1 atom stereocenters. The number of hydrazine groups is 1. The number of anilines is 1. The summed E-state index contributed by atoms with van der Waals surface area (Å²) < 4.78 is 0. The molecule has 0 aliphatic carbocycles. The fourth-order valence-corrected chi connectivity index (χ4v) is 3.83. The second-order valence-corrected chi connectivity index (χ2v) is 8.18. The Morgan fingerprint density at radius 2 is 1.62 bits per heavy atom. The Morgan fingerprint density at radius 1 is 1.00 bits per heavy atom. The largest absolute Gasteiger partial charge is 0.312 e. The molecular formula is C22H29N3O. The number of carbonyl (C=O) groups excluding carboxylic acids is 1. The summed E-state index contributed by atoms with van der Waals surface area (Å²) in [5, 5.41) is 7.24. The van der Waals surface area contributed by atoms with Crippen LogP contribution in [0.3, 0.4) is 0 Å². The van der Waals surface area contributed by atoms with E-state index in [1.807, 2.05) is 55.5 Å². The molecule has 1 N–H and O–H groups in total. The number of nitrogens with one attached hydrogen (secondary N) is 1. The van der Waals surface area contributed by atoms with Crippen LogP contribution in [0.1, 0.15) is 38.3 Å². The summed E-state index contributed by atoms with van der Waals surface area (Å²) in [4.78, 5) is 13.7. The maximum Gasteiger partial charge on any atom is 0.256 e. The van der Waals surface area contributed by atoms with Gasteiger partial charge in [-0.2, -0.15) is 0 Å². The summed E-state index contributed by atoms with van der Waals surface area (Å²) in [6, 6.07) is 18.3. The number of para-hydroxylation sites is 1. The number of amides is 1. The van der Waals surface area contributed by atoms with Gasteiger partial charge in [0.05, 0.1) is 5.69 Å². The summed E-state index contributed by atoms with van der Waals surface area (Å²) in [5.74, 6) is 0.116. The summed E-state index contributed by atoms with van der Waals surface area (Å²) in [5.41, 5.74) is 2.46. The first-order valence-corrected chi connectivity index (χ1v) is 9.19. The molecule has 1 aliphatic heterocycles. The Balaban J connectivity index is 2.13. The van der Waals surface area contributed by atoms with Gasteiger partial charge in [0.15, 0.2) is 0 Å². The minimum Gasteiger partial charge on any atom is -0.312 e. The molecule has 1 heterocycles. The van der Waals surface area contributed by atoms with Crippen molar-refractivity contribution in [1.82, 2.24) is 10.3 Å². The van der Waals surface area contributed by atoms with E-state index in [4.69, 9.17) is 0 Å². The molecule has 1 amide bonds. The van der Waals surface area contributed by atoms with Crippen LogP contribution in [0.5, 0.6) is 0 Å². The molecule has 0 spiro atoms. The quantitative estimate of drug-likeness (QED) is 0.894. The predicted molar refractivity (Wildman–Crippen MR) is 107 cm³/mol. The zero-order chi connectivity index (χ0) is 18.9. The highest BCUT2D eigenvalue weighted by Crippen LogP contribution is 2.48. The van der Waals surface area contributed by atoms with Crippen molar-refractivity contribution in [1.29, 1.82) is 0 Å². The topological polar surface area (TPSA) is 35.6 Å². The smallest absolute Gasteiger partial charge is 0.256 e. The molecule has 0 radical (unpaired) electrons. The Labute approximate surface area is 156 Å². The normalized spacial score (nSPS) is 19.9. The number of hydrogen-bond acceptors (Lipinski definition) is 3. The van der Waals surface area contributed by atoms with E-state index in [-0.39, 0.29) is 11.4 Å². The van der Waals surface area contributed by atoms with Gasteiger partial charge in [-0.25, -0.2) is 10.0 Å². The zero-order valence-corrected chi connectivity index (χ0v) is 16.4. The summed E-state index contributed by atoms with van der Waals surface area (Å²) in [6.07, 6.45) is 0.717. The van der Waals surface area contributed by atoms with Crippen molar-refractivity contribution in [3.05, 3.63) is 65.7 Å². The Bertz CT molecular complexity index is 779. The molecule has 26 heavy (non-hydrogen) atoms. The third kappa shape index (κ3) is 3.15. The predicted octanol–water partition coefficient (Wildman–Crippen LogP) is 3.57. The van der Waals surface area contributed by atoms with E-state index in [0.29, 0.717) is 6.42 Å². The molecule has 0 unspecified atom stereocenters. The summed E-state index contributed by atoms with van der Waals surface area (Å²) in [6.45, 7) is 7.22. The first kappa shape index (κ1) is 18.6. The Hall–Kier alpha value is -2.17. The van der Waals surface area contributed by atoms with Gasteiger partial charge < -0.3 is 5.32 Å². The molecule has 0 aromatic heterocycles. The standard InChI is InChI=1S/C22H29N3O/c1-21(2,3)23-16-15-22(17-11-7-6-8-12-17)18-13-9-10-14-19(18)25(20(22)26)24(4)5/h6-14,23H,15-16H2,1-5H3/t22-/m1/s1. The van der Waals surface area contributed by atoms with Gasteiger partial charge in [-0.3, -0.25) is 4.79 Å². The van der Waals surface area contributed by atoms with E-state index < -0.39 is 5.41 Å². The van der Waals surface area contributed by atoms with Crippen LogP contribution < -0.4 is 10.3 Å². The van der Waals surface area contributed by atoms with E-state index in [1.54, 1.807) is 5.01 Å². The van der Waals surface area contributed by atoms with Crippen LogP contribution in [0.2, 0.25) is 0 Å². The van der Waals surface area contributed by atoms with Gasteiger partial charge in [0.2, 0.25) is 0 Å². The first-order valence-electron chi connectivity index (χ1n) is 9.19. The van der Waals surface area contributed by atoms with Gasteiger partial charge in [0.25, 0.3) is 5.91 Å². The van der Waals surface area contributed by atoms with Crippen molar-refractivity contribution in [2.75, 3.05) is 25.6 Å². The number of rotatable bonds is 5. The van der Waals surface area contributed by atoms with E-state index in [2.05, 4.69) is 44.3 Å². The van der Waals surface area contributed by atoms with Gasteiger partial charge in [-0.05, 0) is 50.9 Å². The highest BCUT2D eigenvalue weighted by molar-refractivity contribution is 6.09. The molecule has 0 bridgehead atoms. The average molecular weight is 351 g/mol. The van der Waals surface area contributed by atoms with Gasteiger partial charge in [0.1, 0.15) is 5.41 Å². The fourth-order valence-electron chi connectivity index (χ4n) is 3.83. The molecule has 0 fully saturated rings. The highest BCUT2D eigenvalue weighted by atomic mass is 16.2. The van der Waals surface area contributed by atoms with Gasteiger partial charge in [-0.1, -0.05) is 48.5 Å². The lowest BCUT2D eigenvalue weighted by Gasteiger charge is -2.32. The number of hydrogen-bond donors (Lipinski definition) is 1. The van der Waals surface area contributed by atoms with Crippen molar-refractivity contribution in [2.45, 2.75) is 38.1 Å². The molecule has 1 aliphatic rings. The van der Waals surface area contributed by atoms with Crippen LogP contribution >= 0.6 is 0 Å². The van der Waals surface area contributed by atoms with Gasteiger partial charge >= 0.3 is 0 Å². The lowest BCUT2D eigenvalue weighted by molar-refractivity contribution is -0.124. The van der Waals surface area contributed by atoms with Crippen molar-refractivity contribution >= 4 is 11.6 Å². The number of benzene rings is 2. The van der Waals surface area contributed by atoms with E-state index >= 15 is 0 Å². The van der Waals surface area contributed by atoms with Gasteiger partial charge in [0, 0.05) is 19.6 Å². The molecule has 4 nitrogen and oxygen atoms in total. The average Bonchev–Trinajstić information content (AvgIpc) is 2.84. The molecule has 2 aromatic rings. The van der Waals surface area contributed by atoms with Crippen LogP contribution in [0.4, 0.5) is 5.69 Å². The second kappa shape index (κ2) is 6.86. The van der Waals surface area contributed by atoms with Crippen LogP contribution in [0, 0.1) is 0 Å². The number of nitrogens with zero attached hydrogens (tertiary/aromatic N) is 2. The molecule has 3 rings (SSSR count). The Morgan fingerprint density at radius 3 is 2.23 bits per heavy atom. The van der Waals surface area contributed by atoms with Crippen molar-refractivity contribution in [3.63, 3.8) is 0 Å². The van der Waals surface area contributed by atoms with E-state index in [9.17, 15) is 4.79 Å². The first-order chi connectivity index (χ1) is 12.3. The molecule has 0 saturated heterocycles. The van der Waals surface area contributed by atoms with Crippen LogP contribution in [-0.4, -0.2) is 37.1 Å². The third-order valence-corrected chi connectivity index (χ3v) is 4.97. The Kier molecular flexibility index (Phi) is 4.91. The molecule has 0 saturated carbocycles. The maximum absolute atomic E-state index is 13.7. The van der Waals surface area contributed by atoms with Crippen LogP contribution in [0.25, 0.3) is 0 Å². The molecular weight excluding hydrogens is 322 g/mol. The van der Waals surface area contributed by atoms with E-state index in [0.717, 1.165) is 23.4 Å². The lowest BCUT2D eigenvalue weighted by atomic mass is 9.72. The van der Waals surface area contributed by atoms with Crippen LogP contribution in [-0.2, 0) is 10.2 Å². The maximum atomic E-state index is 13.7. The monoisotopic (exact) mass is 351 g/mol. The molecule has 2 aromatic carbocycles. The summed E-state index contributed by atoms with van der Waals surface area (Å²) in [7, 11) is 3.84. The fraction of sp³-hybridized carbons (Fsp3) is 0.409. The van der Waals surface area contributed by atoms with Crippen LogP contribution in [0.15, 0.2) is 54.6 Å². The third-order valence-electron chi connectivity index (χ3n) is 4.97. The minimum atomic E-state index is -0.666. The molecule has 138 valence electrons.